The smallest absolute Gasteiger partial charge is 0.226 e. The molecule has 5 nitrogen and oxygen atoms in total. The van der Waals surface area contributed by atoms with Gasteiger partial charge in [-0.15, -0.1) is 0 Å². The zero-order valence-electron chi connectivity index (χ0n) is 18.6. The topological polar surface area (TPSA) is 56.2 Å². The molecular formula is C26H22F3N3O2. The van der Waals surface area contributed by atoms with Crippen molar-refractivity contribution in [2.75, 3.05) is 5.32 Å². The summed E-state index contributed by atoms with van der Waals surface area (Å²) in [4.78, 5) is 12.5. The molecule has 0 saturated heterocycles. The number of hydrogen-bond donors (Lipinski definition) is 1. The van der Waals surface area contributed by atoms with Gasteiger partial charge in [0, 0.05) is 23.7 Å². The number of amides is 1. The number of anilines is 1. The number of rotatable bonds is 7. The summed E-state index contributed by atoms with van der Waals surface area (Å²) >= 11 is 0. The molecule has 1 heterocycles. The van der Waals surface area contributed by atoms with Crippen molar-refractivity contribution in [3.8, 4) is 17.3 Å². The highest BCUT2D eigenvalue weighted by molar-refractivity contribution is 5.90. The fraction of sp³-hybridized carbons (Fsp3) is 0.154. The summed E-state index contributed by atoms with van der Waals surface area (Å²) in [6.45, 7) is 3.69. The molecule has 0 fully saturated rings. The van der Waals surface area contributed by atoms with Crippen molar-refractivity contribution < 1.29 is 22.7 Å². The van der Waals surface area contributed by atoms with E-state index in [9.17, 15) is 18.0 Å². The molecule has 0 aliphatic heterocycles. The predicted octanol–water partition coefficient (Wildman–Crippen LogP) is 6.27. The van der Waals surface area contributed by atoms with Crippen LogP contribution >= 0.6 is 0 Å². The highest BCUT2D eigenvalue weighted by Gasteiger charge is 2.21. The zero-order chi connectivity index (χ0) is 24.2. The van der Waals surface area contributed by atoms with Gasteiger partial charge in [0.25, 0.3) is 0 Å². The maximum Gasteiger partial charge on any atom is 0.226 e. The maximum absolute atomic E-state index is 14.3. The lowest BCUT2D eigenvalue weighted by Gasteiger charge is -2.12. The van der Waals surface area contributed by atoms with Crippen molar-refractivity contribution in [1.82, 2.24) is 9.78 Å². The van der Waals surface area contributed by atoms with Crippen LogP contribution in [0, 0.1) is 31.3 Å². The van der Waals surface area contributed by atoms with Crippen LogP contribution in [0.4, 0.5) is 18.9 Å². The SMILES string of the molecule is Cc1ccc(NC(=O)CCc2c(C)nn(-c3ccc(F)cc3)c2Oc2ccc(F)cc2F)cc1. The largest absolute Gasteiger partial charge is 0.436 e. The molecule has 174 valence electrons. The number of nitrogens with one attached hydrogen (secondary N) is 1. The molecule has 34 heavy (non-hydrogen) atoms. The van der Waals surface area contributed by atoms with Crippen LogP contribution < -0.4 is 10.1 Å². The summed E-state index contributed by atoms with van der Waals surface area (Å²) in [6.07, 6.45) is 0.370. The van der Waals surface area contributed by atoms with Gasteiger partial charge in [-0.25, -0.2) is 17.9 Å². The first-order valence-electron chi connectivity index (χ1n) is 10.6. The fourth-order valence-corrected chi connectivity index (χ4v) is 3.45. The van der Waals surface area contributed by atoms with Gasteiger partial charge < -0.3 is 10.1 Å². The highest BCUT2D eigenvalue weighted by Crippen LogP contribution is 2.33. The Hall–Kier alpha value is -4.07. The van der Waals surface area contributed by atoms with Crippen molar-refractivity contribution in [3.63, 3.8) is 0 Å². The van der Waals surface area contributed by atoms with Crippen molar-refractivity contribution in [1.29, 1.82) is 0 Å². The summed E-state index contributed by atoms with van der Waals surface area (Å²) in [6, 6.07) is 15.9. The van der Waals surface area contributed by atoms with Crippen LogP contribution in [0.25, 0.3) is 5.69 Å². The summed E-state index contributed by atoms with van der Waals surface area (Å²) < 4.78 is 48.4. The third kappa shape index (κ3) is 5.28. The van der Waals surface area contributed by atoms with Crippen LogP contribution in [0.5, 0.6) is 11.6 Å². The minimum atomic E-state index is -0.882. The molecule has 3 aromatic carbocycles. The van der Waals surface area contributed by atoms with Crippen molar-refractivity contribution in [2.24, 2.45) is 0 Å². The van der Waals surface area contributed by atoms with Gasteiger partial charge in [0.1, 0.15) is 11.6 Å². The number of carbonyl (C=O) groups excluding carboxylic acids is 1. The molecule has 1 aromatic heterocycles. The van der Waals surface area contributed by atoms with Gasteiger partial charge in [-0.2, -0.15) is 5.10 Å². The van der Waals surface area contributed by atoms with E-state index in [1.165, 1.54) is 35.0 Å². The third-order valence-electron chi connectivity index (χ3n) is 5.25. The second-order valence-electron chi connectivity index (χ2n) is 7.85. The van der Waals surface area contributed by atoms with E-state index in [2.05, 4.69) is 10.4 Å². The Balaban J connectivity index is 1.63. The summed E-state index contributed by atoms with van der Waals surface area (Å²) in [5.74, 6) is -2.29. The van der Waals surface area contributed by atoms with Crippen molar-refractivity contribution >= 4 is 11.6 Å². The van der Waals surface area contributed by atoms with Crippen LogP contribution in [0.15, 0.2) is 66.7 Å². The summed E-state index contributed by atoms with van der Waals surface area (Å²) in [5, 5.41) is 7.30. The van der Waals surface area contributed by atoms with Gasteiger partial charge >= 0.3 is 0 Å². The van der Waals surface area contributed by atoms with E-state index in [1.807, 2.05) is 31.2 Å². The Morgan fingerprint density at radius 3 is 2.29 bits per heavy atom. The molecule has 1 N–H and O–H groups in total. The molecule has 8 heteroatoms. The number of aryl methyl sites for hydroxylation is 2. The molecule has 0 spiro atoms. The van der Waals surface area contributed by atoms with E-state index in [0.29, 0.717) is 22.6 Å². The molecule has 0 bridgehead atoms. The number of nitrogens with zero attached hydrogens (tertiary/aromatic N) is 2. The molecule has 0 saturated carbocycles. The van der Waals surface area contributed by atoms with E-state index in [4.69, 9.17) is 4.74 Å². The van der Waals surface area contributed by atoms with Gasteiger partial charge in [-0.3, -0.25) is 4.79 Å². The van der Waals surface area contributed by atoms with Crippen LogP contribution in [0.1, 0.15) is 23.2 Å². The van der Waals surface area contributed by atoms with E-state index in [1.54, 1.807) is 6.92 Å². The van der Waals surface area contributed by atoms with Crippen LogP contribution in [0.2, 0.25) is 0 Å². The highest BCUT2D eigenvalue weighted by atomic mass is 19.1. The molecule has 0 radical (unpaired) electrons. The standard InChI is InChI=1S/C26H22F3N3O2/c1-16-3-8-20(9-4-16)30-25(33)14-12-22-17(2)31-32(21-10-5-18(27)6-11-21)26(22)34-24-13-7-19(28)15-23(24)29/h3-11,13,15H,12,14H2,1-2H3,(H,30,33). The lowest BCUT2D eigenvalue weighted by atomic mass is 10.1. The van der Waals surface area contributed by atoms with E-state index in [0.717, 1.165) is 17.7 Å². The molecule has 1 amide bonds. The van der Waals surface area contributed by atoms with Gasteiger partial charge in [0.15, 0.2) is 11.6 Å². The number of carbonyl (C=O) groups is 1. The van der Waals surface area contributed by atoms with Crippen molar-refractivity contribution in [3.05, 3.63) is 101 Å². The Morgan fingerprint density at radius 2 is 1.62 bits per heavy atom. The van der Waals surface area contributed by atoms with E-state index < -0.39 is 17.5 Å². The summed E-state index contributed by atoms with van der Waals surface area (Å²) in [5.41, 5.74) is 3.38. The number of ether oxygens (including phenoxy) is 1. The predicted molar refractivity (Wildman–Crippen MR) is 123 cm³/mol. The normalized spacial score (nSPS) is 10.9. The number of benzene rings is 3. The quantitative estimate of drug-likeness (QED) is 0.350. The first kappa shape index (κ1) is 23.1. The van der Waals surface area contributed by atoms with E-state index >= 15 is 0 Å². The van der Waals surface area contributed by atoms with Gasteiger partial charge in [-0.05, 0) is 68.8 Å². The zero-order valence-corrected chi connectivity index (χ0v) is 18.6. The monoisotopic (exact) mass is 465 g/mol. The van der Waals surface area contributed by atoms with Gasteiger partial charge in [-0.1, -0.05) is 17.7 Å². The van der Waals surface area contributed by atoms with Gasteiger partial charge in [0.05, 0.1) is 11.4 Å². The van der Waals surface area contributed by atoms with Crippen LogP contribution in [-0.2, 0) is 11.2 Å². The Kier molecular flexibility index (Phi) is 6.67. The molecule has 0 unspecified atom stereocenters. The average molecular weight is 465 g/mol. The Morgan fingerprint density at radius 1 is 0.941 bits per heavy atom. The average Bonchev–Trinajstić information content (AvgIpc) is 3.11. The van der Waals surface area contributed by atoms with Crippen LogP contribution in [0.3, 0.4) is 0 Å². The summed E-state index contributed by atoms with van der Waals surface area (Å²) in [7, 11) is 0. The minimum absolute atomic E-state index is 0.117. The molecule has 0 aliphatic carbocycles. The lowest BCUT2D eigenvalue weighted by Crippen LogP contribution is -2.12. The molecule has 0 aliphatic rings. The Bertz CT molecular complexity index is 1320. The first-order chi connectivity index (χ1) is 16.3. The number of aromatic nitrogens is 2. The lowest BCUT2D eigenvalue weighted by molar-refractivity contribution is -0.116. The fourth-order valence-electron chi connectivity index (χ4n) is 3.45. The Labute approximate surface area is 194 Å². The van der Waals surface area contributed by atoms with Crippen LogP contribution in [-0.4, -0.2) is 15.7 Å². The number of hydrogen-bond acceptors (Lipinski definition) is 3. The third-order valence-corrected chi connectivity index (χ3v) is 5.25. The molecular weight excluding hydrogens is 443 g/mol. The molecule has 0 atom stereocenters. The molecule has 4 aromatic rings. The van der Waals surface area contributed by atoms with Gasteiger partial charge in [0.2, 0.25) is 11.8 Å². The van der Waals surface area contributed by atoms with E-state index in [-0.39, 0.29) is 30.4 Å². The second kappa shape index (κ2) is 9.82. The second-order valence-corrected chi connectivity index (χ2v) is 7.85. The maximum atomic E-state index is 14.3. The minimum Gasteiger partial charge on any atom is -0.436 e. The molecule has 4 rings (SSSR count). The van der Waals surface area contributed by atoms with Crippen molar-refractivity contribution in [2.45, 2.75) is 26.7 Å². The first-order valence-corrected chi connectivity index (χ1v) is 10.6. The number of halogens is 3.